The molecule has 2 rings (SSSR count). The topological polar surface area (TPSA) is 41.1 Å². The summed E-state index contributed by atoms with van der Waals surface area (Å²) in [5.41, 5.74) is 2.56. The van der Waals surface area contributed by atoms with Gasteiger partial charge in [0.15, 0.2) is 0 Å². The SMILES string of the molecule is Cc1cccc(CSCC(=O)NC2CNCCC2C)c1. The molecule has 1 fully saturated rings. The van der Waals surface area contributed by atoms with Gasteiger partial charge in [-0.2, -0.15) is 0 Å². The lowest BCUT2D eigenvalue weighted by molar-refractivity contribution is -0.119. The maximum absolute atomic E-state index is 12.0. The fraction of sp³-hybridized carbons (Fsp3) is 0.562. The fourth-order valence-corrected chi connectivity index (χ4v) is 3.28. The van der Waals surface area contributed by atoms with Crippen molar-refractivity contribution in [3.63, 3.8) is 0 Å². The maximum Gasteiger partial charge on any atom is 0.230 e. The molecule has 0 saturated carbocycles. The predicted octanol–water partition coefficient (Wildman–Crippen LogP) is 2.34. The minimum absolute atomic E-state index is 0.156. The molecule has 1 aromatic carbocycles. The smallest absolute Gasteiger partial charge is 0.230 e. The van der Waals surface area contributed by atoms with Crippen LogP contribution in [0.5, 0.6) is 0 Å². The Morgan fingerprint density at radius 1 is 1.50 bits per heavy atom. The van der Waals surface area contributed by atoms with Crippen molar-refractivity contribution in [2.24, 2.45) is 5.92 Å². The van der Waals surface area contributed by atoms with Crippen molar-refractivity contribution in [3.8, 4) is 0 Å². The Kier molecular flexibility index (Phi) is 5.92. The first-order valence-corrected chi connectivity index (χ1v) is 8.44. The normalized spacial score (nSPS) is 22.5. The second-order valence-electron chi connectivity index (χ2n) is 5.63. The molecule has 1 aliphatic rings. The number of amides is 1. The van der Waals surface area contributed by atoms with Crippen LogP contribution in [-0.2, 0) is 10.5 Å². The van der Waals surface area contributed by atoms with Crippen LogP contribution in [-0.4, -0.2) is 30.8 Å². The molecule has 1 aliphatic heterocycles. The van der Waals surface area contributed by atoms with E-state index in [1.54, 1.807) is 11.8 Å². The third kappa shape index (κ3) is 4.84. The van der Waals surface area contributed by atoms with E-state index < -0.39 is 0 Å². The highest BCUT2D eigenvalue weighted by Crippen LogP contribution is 2.14. The van der Waals surface area contributed by atoms with Crippen molar-refractivity contribution >= 4 is 17.7 Å². The zero-order valence-electron chi connectivity index (χ0n) is 12.3. The number of rotatable bonds is 5. The Bertz CT molecular complexity index is 450. The molecule has 0 aliphatic carbocycles. The van der Waals surface area contributed by atoms with Crippen molar-refractivity contribution in [3.05, 3.63) is 35.4 Å². The fourth-order valence-electron chi connectivity index (χ4n) is 2.49. The molecule has 1 heterocycles. The van der Waals surface area contributed by atoms with Crippen LogP contribution in [0.25, 0.3) is 0 Å². The lowest BCUT2D eigenvalue weighted by Crippen LogP contribution is -2.50. The van der Waals surface area contributed by atoms with Gasteiger partial charge >= 0.3 is 0 Å². The zero-order valence-corrected chi connectivity index (χ0v) is 13.1. The summed E-state index contributed by atoms with van der Waals surface area (Å²) >= 11 is 1.68. The molecule has 3 nitrogen and oxygen atoms in total. The third-order valence-electron chi connectivity index (χ3n) is 3.76. The highest BCUT2D eigenvalue weighted by atomic mass is 32.2. The van der Waals surface area contributed by atoms with Crippen molar-refractivity contribution in [2.75, 3.05) is 18.8 Å². The molecule has 1 saturated heterocycles. The Labute approximate surface area is 125 Å². The zero-order chi connectivity index (χ0) is 14.4. The Balaban J connectivity index is 1.70. The molecule has 0 bridgehead atoms. The summed E-state index contributed by atoms with van der Waals surface area (Å²) in [7, 11) is 0. The number of hydrogen-bond acceptors (Lipinski definition) is 3. The van der Waals surface area contributed by atoms with Crippen LogP contribution in [0.1, 0.15) is 24.5 Å². The molecule has 0 radical (unpaired) electrons. The van der Waals surface area contributed by atoms with E-state index in [0.29, 0.717) is 11.7 Å². The van der Waals surface area contributed by atoms with Gasteiger partial charge in [-0.15, -0.1) is 11.8 Å². The van der Waals surface area contributed by atoms with Crippen molar-refractivity contribution in [2.45, 2.75) is 32.1 Å². The predicted molar refractivity (Wildman–Crippen MR) is 85.9 cm³/mol. The van der Waals surface area contributed by atoms with Gasteiger partial charge in [-0.3, -0.25) is 4.79 Å². The van der Waals surface area contributed by atoms with E-state index in [9.17, 15) is 4.79 Å². The number of piperidine rings is 1. The van der Waals surface area contributed by atoms with Crippen LogP contribution in [0.3, 0.4) is 0 Å². The Morgan fingerprint density at radius 3 is 3.10 bits per heavy atom. The summed E-state index contributed by atoms with van der Waals surface area (Å²) in [4.78, 5) is 12.0. The van der Waals surface area contributed by atoms with Crippen LogP contribution >= 0.6 is 11.8 Å². The van der Waals surface area contributed by atoms with Gasteiger partial charge in [0.1, 0.15) is 0 Å². The lowest BCUT2D eigenvalue weighted by Gasteiger charge is -2.30. The Hall–Kier alpha value is -1.00. The van der Waals surface area contributed by atoms with Crippen LogP contribution in [0.2, 0.25) is 0 Å². The van der Waals surface area contributed by atoms with Gasteiger partial charge in [0, 0.05) is 18.3 Å². The summed E-state index contributed by atoms with van der Waals surface area (Å²) in [5.74, 6) is 2.16. The number of carbonyl (C=O) groups is 1. The Morgan fingerprint density at radius 2 is 2.35 bits per heavy atom. The molecule has 0 spiro atoms. The van der Waals surface area contributed by atoms with E-state index in [2.05, 4.69) is 48.7 Å². The highest BCUT2D eigenvalue weighted by molar-refractivity contribution is 7.99. The molecule has 20 heavy (non-hydrogen) atoms. The maximum atomic E-state index is 12.0. The van der Waals surface area contributed by atoms with Crippen LogP contribution < -0.4 is 10.6 Å². The summed E-state index contributed by atoms with van der Waals surface area (Å²) in [5, 5.41) is 6.48. The van der Waals surface area contributed by atoms with E-state index >= 15 is 0 Å². The van der Waals surface area contributed by atoms with E-state index in [1.807, 2.05) is 0 Å². The second-order valence-corrected chi connectivity index (χ2v) is 6.61. The lowest BCUT2D eigenvalue weighted by atomic mass is 9.95. The molecule has 2 unspecified atom stereocenters. The third-order valence-corrected chi connectivity index (χ3v) is 4.76. The summed E-state index contributed by atoms with van der Waals surface area (Å²) in [6.07, 6.45) is 1.14. The van der Waals surface area contributed by atoms with E-state index in [4.69, 9.17) is 0 Å². The van der Waals surface area contributed by atoms with E-state index in [1.165, 1.54) is 11.1 Å². The van der Waals surface area contributed by atoms with E-state index in [-0.39, 0.29) is 11.9 Å². The number of carbonyl (C=O) groups excluding carboxylic acids is 1. The average molecular weight is 292 g/mol. The molecule has 110 valence electrons. The van der Waals surface area contributed by atoms with Gasteiger partial charge in [-0.25, -0.2) is 0 Å². The van der Waals surface area contributed by atoms with Crippen LogP contribution in [0, 0.1) is 12.8 Å². The van der Waals surface area contributed by atoms with Gasteiger partial charge in [-0.1, -0.05) is 36.8 Å². The van der Waals surface area contributed by atoms with Crippen molar-refractivity contribution in [1.82, 2.24) is 10.6 Å². The van der Waals surface area contributed by atoms with Crippen LogP contribution in [0.15, 0.2) is 24.3 Å². The molecule has 1 amide bonds. The number of thioether (sulfide) groups is 1. The van der Waals surface area contributed by atoms with Gasteiger partial charge < -0.3 is 10.6 Å². The molecule has 2 N–H and O–H groups in total. The highest BCUT2D eigenvalue weighted by Gasteiger charge is 2.22. The van der Waals surface area contributed by atoms with Gasteiger partial charge in [0.05, 0.1) is 5.75 Å². The first-order valence-electron chi connectivity index (χ1n) is 7.28. The first kappa shape index (κ1) is 15.4. The van der Waals surface area contributed by atoms with Gasteiger partial charge in [0.25, 0.3) is 0 Å². The van der Waals surface area contributed by atoms with Gasteiger partial charge in [0.2, 0.25) is 5.91 Å². The molecule has 0 aromatic heterocycles. The first-order chi connectivity index (χ1) is 9.65. The standard InChI is InChI=1S/C16H24N2OS/c1-12-4-3-5-14(8-12)10-20-11-16(19)18-15-9-17-7-6-13(15)2/h3-5,8,13,15,17H,6-7,9-11H2,1-2H3,(H,18,19). The van der Waals surface area contributed by atoms with Crippen molar-refractivity contribution < 1.29 is 4.79 Å². The van der Waals surface area contributed by atoms with Crippen LogP contribution in [0.4, 0.5) is 0 Å². The second kappa shape index (κ2) is 7.70. The number of hydrogen-bond donors (Lipinski definition) is 2. The largest absolute Gasteiger partial charge is 0.351 e. The van der Waals surface area contributed by atoms with E-state index in [0.717, 1.165) is 25.3 Å². The molecule has 2 atom stereocenters. The number of aryl methyl sites for hydroxylation is 1. The molecular formula is C16H24N2OS. The minimum Gasteiger partial charge on any atom is -0.351 e. The monoisotopic (exact) mass is 292 g/mol. The summed E-state index contributed by atoms with van der Waals surface area (Å²) in [6.45, 7) is 6.27. The quantitative estimate of drug-likeness (QED) is 0.875. The van der Waals surface area contributed by atoms with Gasteiger partial charge in [-0.05, 0) is 31.4 Å². The number of nitrogens with one attached hydrogen (secondary N) is 2. The minimum atomic E-state index is 0.156. The van der Waals surface area contributed by atoms with Crippen molar-refractivity contribution in [1.29, 1.82) is 0 Å². The average Bonchev–Trinajstić information content (AvgIpc) is 2.41. The summed E-state index contributed by atoms with van der Waals surface area (Å²) < 4.78 is 0. The summed E-state index contributed by atoms with van der Waals surface area (Å²) in [6, 6.07) is 8.75. The number of benzene rings is 1. The molecule has 4 heteroatoms. The molecule has 1 aromatic rings. The molecular weight excluding hydrogens is 268 g/mol.